The summed E-state index contributed by atoms with van der Waals surface area (Å²) in [6, 6.07) is 5.52. The summed E-state index contributed by atoms with van der Waals surface area (Å²) >= 11 is 13.4. The van der Waals surface area contributed by atoms with Gasteiger partial charge in [0.25, 0.3) is 0 Å². The summed E-state index contributed by atoms with van der Waals surface area (Å²) in [7, 11) is 0. The number of aromatic nitrogens is 1. The summed E-state index contributed by atoms with van der Waals surface area (Å²) < 4.78 is 1.28. The van der Waals surface area contributed by atoms with E-state index in [4.69, 9.17) is 29.0 Å². The topological polar surface area (TPSA) is 50.9 Å². The van der Waals surface area contributed by atoms with Gasteiger partial charge in [-0.1, -0.05) is 29.3 Å². The third-order valence-electron chi connectivity index (χ3n) is 2.43. The molecule has 17 heavy (non-hydrogen) atoms. The number of thiophene rings is 1. The molecular weight excluding hydrogens is 277 g/mol. The van der Waals surface area contributed by atoms with Gasteiger partial charge in [0.05, 0.1) is 14.7 Å². The normalized spacial score (nSPS) is 12.7. The van der Waals surface area contributed by atoms with Gasteiger partial charge in [0.15, 0.2) is 0 Å². The summed E-state index contributed by atoms with van der Waals surface area (Å²) in [6.07, 6.45) is 1.78. The first kappa shape index (κ1) is 12.8. The Kier molecular flexibility index (Phi) is 4.01. The third kappa shape index (κ3) is 2.78. The lowest BCUT2D eigenvalue weighted by atomic mass is 10.0. The van der Waals surface area contributed by atoms with E-state index in [1.54, 1.807) is 6.20 Å². The SMILES string of the molecule is Cc1ccc(C(NN)c2cc(Cl)sc2Cl)cn1. The van der Waals surface area contributed by atoms with E-state index in [2.05, 4.69) is 10.4 Å². The minimum Gasteiger partial charge on any atom is -0.271 e. The molecule has 0 amide bonds. The number of hydrogen-bond donors (Lipinski definition) is 2. The molecule has 0 saturated carbocycles. The molecule has 0 aliphatic carbocycles. The highest BCUT2D eigenvalue weighted by Crippen LogP contribution is 2.36. The summed E-state index contributed by atoms with van der Waals surface area (Å²) in [5.41, 5.74) is 5.51. The maximum atomic E-state index is 6.12. The third-order valence-corrected chi connectivity index (χ3v) is 3.95. The van der Waals surface area contributed by atoms with Crippen LogP contribution in [0.4, 0.5) is 0 Å². The molecule has 2 rings (SSSR count). The van der Waals surface area contributed by atoms with E-state index >= 15 is 0 Å². The van der Waals surface area contributed by atoms with Crippen molar-refractivity contribution in [1.29, 1.82) is 0 Å². The highest BCUT2D eigenvalue weighted by Gasteiger charge is 2.18. The Balaban J connectivity index is 2.39. The molecule has 0 aliphatic rings. The number of hydrazine groups is 1. The van der Waals surface area contributed by atoms with Crippen LogP contribution in [0.3, 0.4) is 0 Å². The minimum atomic E-state index is -0.195. The zero-order chi connectivity index (χ0) is 12.4. The highest BCUT2D eigenvalue weighted by atomic mass is 35.5. The van der Waals surface area contributed by atoms with Gasteiger partial charge < -0.3 is 0 Å². The van der Waals surface area contributed by atoms with E-state index in [-0.39, 0.29) is 6.04 Å². The Morgan fingerprint density at radius 3 is 2.65 bits per heavy atom. The lowest BCUT2D eigenvalue weighted by Gasteiger charge is -2.15. The molecule has 0 bridgehead atoms. The Hall–Kier alpha value is -0.650. The lowest BCUT2D eigenvalue weighted by molar-refractivity contribution is 0.636. The zero-order valence-electron chi connectivity index (χ0n) is 9.08. The zero-order valence-corrected chi connectivity index (χ0v) is 11.4. The van der Waals surface area contributed by atoms with Crippen LogP contribution >= 0.6 is 34.5 Å². The van der Waals surface area contributed by atoms with Crippen molar-refractivity contribution in [1.82, 2.24) is 10.4 Å². The van der Waals surface area contributed by atoms with Crippen LogP contribution < -0.4 is 11.3 Å². The molecule has 2 aromatic rings. The van der Waals surface area contributed by atoms with Crippen molar-refractivity contribution in [3.8, 4) is 0 Å². The van der Waals surface area contributed by atoms with Gasteiger partial charge in [0.1, 0.15) is 0 Å². The number of hydrogen-bond acceptors (Lipinski definition) is 4. The molecule has 90 valence electrons. The minimum absolute atomic E-state index is 0.195. The molecule has 2 aromatic heterocycles. The van der Waals surface area contributed by atoms with Crippen LogP contribution in [0.5, 0.6) is 0 Å². The first-order valence-corrected chi connectivity index (χ1v) is 6.52. The summed E-state index contributed by atoms with van der Waals surface area (Å²) in [6.45, 7) is 1.93. The van der Waals surface area contributed by atoms with Crippen molar-refractivity contribution < 1.29 is 0 Å². The van der Waals surface area contributed by atoms with Crippen LogP contribution in [0.1, 0.15) is 22.9 Å². The number of rotatable bonds is 3. The quantitative estimate of drug-likeness (QED) is 0.673. The Morgan fingerprint density at radius 2 is 2.18 bits per heavy atom. The van der Waals surface area contributed by atoms with E-state index in [1.165, 1.54) is 11.3 Å². The van der Waals surface area contributed by atoms with Gasteiger partial charge >= 0.3 is 0 Å². The average molecular weight is 288 g/mol. The Bertz CT molecular complexity index is 510. The number of aryl methyl sites for hydroxylation is 1. The van der Waals surface area contributed by atoms with Crippen LogP contribution in [-0.4, -0.2) is 4.98 Å². The number of halogens is 2. The second-order valence-corrected chi connectivity index (χ2v) is 5.90. The van der Waals surface area contributed by atoms with Gasteiger partial charge in [0, 0.05) is 17.5 Å². The number of pyridine rings is 1. The molecule has 2 heterocycles. The molecule has 3 N–H and O–H groups in total. The average Bonchev–Trinajstić information content (AvgIpc) is 2.62. The number of nitrogens with one attached hydrogen (secondary N) is 1. The van der Waals surface area contributed by atoms with E-state index in [0.29, 0.717) is 8.67 Å². The van der Waals surface area contributed by atoms with Gasteiger partial charge in [-0.15, -0.1) is 11.3 Å². The van der Waals surface area contributed by atoms with Crippen LogP contribution in [0.15, 0.2) is 24.4 Å². The van der Waals surface area contributed by atoms with Crippen molar-refractivity contribution in [2.75, 3.05) is 0 Å². The Labute approximate surface area is 114 Å². The maximum absolute atomic E-state index is 6.12. The van der Waals surface area contributed by atoms with Crippen LogP contribution in [0.25, 0.3) is 0 Å². The van der Waals surface area contributed by atoms with E-state index < -0.39 is 0 Å². The molecular formula is C11H11Cl2N3S. The first-order chi connectivity index (χ1) is 8.11. The largest absolute Gasteiger partial charge is 0.271 e. The number of nitrogens with zero attached hydrogens (tertiary/aromatic N) is 1. The van der Waals surface area contributed by atoms with Gasteiger partial charge in [-0.25, -0.2) is 5.43 Å². The van der Waals surface area contributed by atoms with Crippen molar-refractivity contribution in [3.05, 3.63) is 49.9 Å². The fourth-order valence-electron chi connectivity index (χ4n) is 1.57. The molecule has 0 aliphatic heterocycles. The van der Waals surface area contributed by atoms with E-state index in [1.807, 2.05) is 25.1 Å². The van der Waals surface area contributed by atoms with Gasteiger partial charge in [-0.05, 0) is 24.6 Å². The monoisotopic (exact) mass is 287 g/mol. The summed E-state index contributed by atoms with van der Waals surface area (Å²) in [4.78, 5) is 4.24. The summed E-state index contributed by atoms with van der Waals surface area (Å²) in [5, 5.41) is 0. The molecule has 6 heteroatoms. The number of nitrogens with two attached hydrogens (primary N) is 1. The van der Waals surface area contributed by atoms with Crippen LogP contribution in [0, 0.1) is 6.92 Å². The van der Waals surface area contributed by atoms with E-state index in [9.17, 15) is 0 Å². The molecule has 0 saturated heterocycles. The standard InChI is InChI=1S/C11H11Cl2N3S/c1-6-2-3-7(5-15-6)10(16-14)8-4-9(12)17-11(8)13/h2-5,10,16H,14H2,1H3. The molecule has 3 nitrogen and oxygen atoms in total. The van der Waals surface area contributed by atoms with Crippen molar-refractivity contribution in [3.63, 3.8) is 0 Å². The molecule has 1 atom stereocenters. The van der Waals surface area contributed by atoms with Gasteiger partial charge in [-0.3, -0.25) is 10.8 Å². The Morgan fingerprint density at radius 1 is 1.41 bits per heavy atom. The second-order valence-electron chi connectivity index (χ2n) is 3.61. The fraction of sp³-hybridized carbons (Fsp3) is 0.182. The fourth-order valence-corrected chi connectivity index (χ4v) is 3.10. The van der Waals surface area contributed by atoms with Crippen molar-refractivity contribution >= 4 is 34.5 Å². The first-order valence-electron chi connectivity index (χ1n) is 4.95. The second kappa shape index (κ2) is 5.33. The predicted molar refractivity (Wildman–Crippen MR) is 72.5 cm³/mol. The van der Waals surface area contributed by atoms with Crippen molar-refractivity contribution in [2.45, 2.75) is 13.0 Å². The smallest absolute Gasteiger partial charge is 0.0995 e. The molecule has 1 unspecified atom stereocenters. The van der Waals surface area contributed by atoms with Crippen LogP contribution in [-0.2, 0) is 0 Å². The molecule has 0 aromatic carbocycles. The van der Waals surface area contributed by atoms with Crippen LogP contribution in [0.2, 0.25) is 8.67 Å². The van der Waals surface area contributed by atoms with Gasteiger partial charge in [-0.2, -0.15) is 0 Å². The molecule has 0 spiro atoms. The van der Waals surface area contributed by atoms with Crippen molar-refractivity contribution in [2.24, 2.45) is 5.84 Å². The highest BCUT2D eigenvalue weighted by molar-refractivity contribution is 7.20. The molecule has 0 radical (unpaired) electrons. The lowest BCUT2D eigenvalue weighted by Crippen LogP contribution is -2.28. The maximum Gasteiger partial charge on any atom is 0.0995 e. The molecule has 0 fully saturated rings. The van der Waals surface area contributed by atoms with Gasteiger partial charge in [0.2, 0.25) is 0 Å². The summed E-state index contributed by atoms with van der Waals surface area (Å²) in [5.74, 6) is 5.58. The van der Waals surface area contributed by atoms with E-state index in [0.717, 1.165) is 16.8 Å². The predicted octanol–water partition coefficient (Wildman–Crippen LogP) is 3.31.